The average Bonchev–Trinajstić information content (AvgIpc) is 3.20. The van der Waals surface area contributed by atoms with E-state index in [1.54, 1.807) is 11.8 Å². The maximum Gasteiger partial charge on any atom is 0.241 e. The predicted octanol–water partition coefficient (Wildman–Crippen LogP) is 6.23. The van der Waals surface area contributed by atoms with Crippen molar-refractivity contribution in [3.05, 3.63) is 98.8 Å². The van der Waals surface area contributed by atoms with Crippen molar-refractivity contribution in [2.75, 3.05) is 0 Å². The first-order valence-corrected chi connectivity index (χ1v) is 14.4. The normalized spacial score (nSPS) is 11.7. The number of hydrogen-bond donors (Lipinski definition) is 1. The molecule has 1 N–H and O–H groups in total. The zero-order valence-corrected chi connectivity index (χ0v) is 23.4. The smallest absolute Gasteiger partial charge is 0.241 e. The van der Waals surface area contributed by atoms with Crippen LogP contribution in [0.2, 0.25) is 5.02 Å². The van der Waals surface area contributed by atoms with E-state index >= 15 is 0 Å². The first-order valence-electron chi connectivity index (χ1n) is 11.5. The maximum absolute atomic E-state index is 13.3. The Morgan fingerprint density at radius 3 is 2.31 bits per heavy atom. The Morgan fingerprint density at radius 1 is 0.889 bits per heavy atom. The van der Waals surface area contributed by atoms with Crippen molar-refractivity contribution in [2.24, 2.45) is 0 Å². The SMILES string of the molecule is Cc1cccc(CSc2nnc(CNS(=O)(=O)c3c(C)cc(C)cc3C)n2-c2cc(Cl)ccc2C)c1. The van der Waals surface area contributed by atoms with Gasteiger partial charge in [-0.05, 0) is 69.0 Å². The predicted molar refractivity (Wildman–Crippen MR) is 147 cm³/mol. The van der Waals surface area contributed by atoms with Crippen LogP contribution in [0.5, 0.6) is 0 Å². The highest BCUT2D eigenvalue weighted by atomic mass is 35.5. The van der Waals surface area contributed by atoms with Gasteiger partial charge in [-0.1, -0.05) is 77.0 Å². The number of sulfonamides is 1. The van der Waals surface area contributed by atoms with Crippen LogP contribution in [0.1, 0.15) is 39.2 Å². The summed E-state index contributed by atoms with van der Waals surface area (Å²) >= 11 is 7.88. The summed E-state index contributed by atoms with van der Waals surface area (Å²) in [6, 6.07) is 17.7. The van der Waals surface area contributed by atoms with Crippen LogP contribution in [0.15, 0.2) is 64.6 Å². The standard InChI is InChI=1S/C27H29ClN4O2S2/c1-17-7-6-8-22(13-17)16-35-27-31-30-25(32(27)24-14-23(28)10-9-19(24)3)15-29-36(33,34)26-20(4)11-18(2)12-21(26)5/h6-14,29H,15-16H2,1-5H3. The van der Waals surface area contributed by atoms with E-state index in [1.165, 1.54) is 11.1 Å². The molecule has 0 atom stereocenters. The zero-order valence-electron chi connectivity index (χ0n) is 21.0. The molecule has 4 aromatic rings. The zero-order chi connectivity index (χ0) is 26.0. The van der Waals surface area contributed by atoms with Gasteiger partial charge in [0.2, 0.25) is 10.0 Å². The van der Waals surface area contributed by atoms with Crippen molar-refractivity contribution in [3.63, 3.8) is 0 Å². The fourth-order valence-corrected chi connectivity index (χ4v) is 6.85. The van der Waals surface area contributed by atoms with E-state index in [1.807, 2.05) is 68.7 Å². The van der Waals surface area contributed by atoms with Crippen LogP contribution in [-0.2, 0) is 22.3 Å². The van der Waals surface area contributed by atoms with Crippen LogP contribution < -0.4 is 4.72 Å². The van der Waals surface area contributed by atoms with E-state index < -0.39 is 10.0 Å². The Hall–Kier alpha value is -2.65. The van der Waals surface area contributed by atoms with Crippen molar-refractivity contribution < 1.29 is 8.42 Å². The molecular formula is C27H29ClN4O2S2. The molecule has 0 spiro atoms. The van der Waals surface area contributed by atoms with Gasteiger partial charge in [0.1, 0.15) is 0 Å². The number of hydrogen-bond acceptors (Lipinski definition) is 5. The summed E-state index contributed by atoms with van der Waals surface area (Å²) in [5.41, 5.74) is 6.60. The lowest BCUT2D eigenvalue weighted by molar-refractivity contribution is 0.577. The van der Waals surface area contributed by atoms with E-state index in [0.717, 1.165) is 16.8 Å². The fourth-order valence-electron chi connectivity index (χ4n) is 4.35. The molecular weight excluding hydrogens is 512 g/mol. The molecule has 6 nitrogen and oxygen atoms in total. The Bertz CT molecular complexity index is 1510. The third-order valence-corrected chi connectivity index (χ3v) is 8.80. The van der Waals surface area contributed by atoms with Crippen molar-refractivity contribution >= 4 is 33.4 Å². The van der Waals surface area contributed by atoms with Gasteiger partial charge < -0.3 is 0 Å². The van der Waals surface area contributed by atoms with Gasteiger partial charge in [-0.3, -0.25) is 4.57 Å². The van der Waals surface area contributed by atoms with E-state index in [0.29, 0.717) is 37.8 Å². The third-order valence-electron chi connectivity index (χ3n) is 5.86. The van der Waals surface area contributed by atoms with Gasteiger partial charge in [0.15, 0.2) is 11.0 Å². The van der Waals surface area contributed by atoms with Crippen LogP contribution in [0.25, 0.3) is 5.69 Å². The highest BCUT2D eigenvalue weighted by molar-refractivity contribution is 7.98. The fraction of sp³-hybridized carbons (Fsp3) is 0.259. The number of thioether (sulfide) groups is 1. The summed E-state index contributed by atoms with van der Waals surface area (Å²) in [7, 11) is -3.77. The summed E-state index contributed by atoms with van der Waals surface area (Å²) in [4.78, 5) is 0.298. The molecule has 9 heteroatoms. The largest absolute Gasteiger partial charge is 0.273 e. The number of nitrogens with one attached hydrogen (secondary N) is 1. The van der Waals surface area contributed by atoms with Crippen molar-refractivity contribution in [1.29, 1.82) is 0 Å². The van der Waals surface area contributed by atoms with Crippen molar-refractivity contribution in [1.82, 2.24) is 19.5 Å². The number of rotatable bonds is 8. The third kappa shape index (κ3) is 5.83. The topological polar surface area (TPSA) is 76.9 Å². The van der Waals surface area contributed by atoms with Gasteiger partial charge in [0, 0.05) is 10.8 Å². The summed E-state index contributed by atoms with van der Waals surface area (Å²) < 4.78 is 31.2. The molecule has 0 aliphatic carbocycles. The summed E-state index contributed by atoms with van der Waals surface area (Å²) in [6.07, 6.45) is 0. The lowest BCUT2D eigenvalue weighted by atomic mass is 10.1. The molecule has 0 fully saturated rings. The Labute approximate surface area is 222 Å². The lowest BCUT2D eigenvalue weighted by Crippen LogP contribution is -2.26. The second kappa shape index (κ2) is 10.8. The number of aryl methyl sites for hydroxylation is 5. The quantitative estimate of drug-likeness (QED) is 0.268. The number of nitrogens with zero attached hydrogens (tertiary/aromatic N) is 3. The van der Waals surface area contributed by atoms with Crippen LogP contribution in [0, 0.1) is 34.6 Å². The van der Waals surface area contributed by atoms with Crippen LogP contribution >= 0.6 is 23.4 Å². The van der Waals surface area contributed by atoms with E-state index in [4.69, 9.17) is 11.6 Å². The molecule has 0 unspecified atom stereocenters. The highest BCUT2D eigenvalue weighted by Gasteiger charge is 2.23. The van der Waals surface area contributed by atoms with Gasteiger partial charge in [0.25, 0.3) is 0 Å². The van der Waals surface area contributed by atoms with E-state index in [2.05, 4.69) is 40.0 Å². The lowest BCUT2D eigenvalue weighted by Gasteiger charge is -2.15. The molecule has 0 bridgehead atoms. The van der Waals surface area contributed by atoms with Crippen LogP contribution in [0.4, 0.5) is 0 Å². The number of benzene rings is 3. The molecule has 0 saturated heterocycles. The van der Waals surface area contributed by atoms with Crippen molar-refractivity contribution in [3.8, 4) is 5.69 Å². The molecule has 1 aromatic heterocycles. The number of halogens is 1. The second-order valence-corrected chi connectivity index (χ2v) is 12.1. The minimum Gasteiger partial charge on any atom is -0.273 e. The molecule has 0 aliphatic heterocycles. The molecule has 3 aromatic carbocycles. The minimum absolute atomic E-state index is 0.0148. The van der Waals surface area contributed by atoms with Gasteiger partial charge in [-0.15, -0.1) is 10.2 Å². The van der Waals surface area contributed by atoms with E-state index in [-0.39, 0.29) is 6.54 Å². The number of aromatic nitrogens is 3. The van der Waals surface area contributed by atoms with Crippen LogP contribution in [-0.4, -0.2) is 23.2 Å². The van der Waals surface area contributed by atoms with Gasteiger partial charge in [0.05, 0.1) is 17.1 Å². The molecule has 188 valence electrons. The van der Waals surface area contributed by atoms with Gasteiger partial charge in [-0.25, -0.2) is 13.1 Å². The Kier molecular flexibility index (Phi) is 7.90. The monoisotopic (exact) mass is 540 g/mol. The molecule has 0 aliphatic rings. The van der Waals surface area contributed by atoms with Crippen LogP contribution in [0.3, 0.4) is 0 Å². The average molecular weight is 541 g/mol. The molecule has 36 heavy (non-hydrogen) atoms. The Morgan fingerprint density at radius 2 is 1.61 bits per heavy atom. The minimum atomic E-state index is -3.77. The van der Waals surface area contributed by atoms with E-state index in [9.17, 15) is 8.42 Å². The summed E-state index contributed by atoms with van der Waals surface area (Å²) in [5, 5.41) is 10.0. The Balaban J connectivity index is 1.68. The van der Waals surface area contributed by atoms with Gasteiger partial charge in [-0.2, -0.15) is 0 Å². The second-order valence-electron chi connectivity index (χ2n) is 9.00. The van der Waals surface area contributed by atoms with Crippen molar-refractivity contribution in [2.45, 2.75) is 57.0 Å². The molecule has 0 amide bonds. The first-order chi connectivity index (χ1) is 17.0. The summed E-state index contributed by atoms with van der Waals surface area (Å²) in [5.74, 6) is 1.19. The molecule has 0 saturated carbocycles. The maximum atomic E-state index is 13.3. The molecule has 1 heterocycles. The molecule has 4 rings (SSSR count). The highest BCUT2D eigenvalue weighted by Crippen LogP contribution is 2.29. The molecule has 0 radical (unpaired) electrons. The summed E-state index contributed by atoms with van der Waals surface area (Å²) in [6.45, 7) is 9.61. The van der Waals surface area contributed by atoms with Gasteiger partial charge >= 0.3 is 0 Å². The first kappa shape index (κ1) is 26.4.